The van der Waals surface area contributed by atoms with Gasteiger partial charge in [-0.05, 0) is 35.9 Å². The van der Waals surface area contributed by atoms with Crippen LogP contribution in [0.5, 0.6) is 5.75 Å². The van der Waals surface area contributed by atoms with Crippen LogP contribution in [0, 0.1) is 0 Å². The second kappa shape index (κ2) is 10.9. The molecule has 0 atom stereocenters. The van der Waals surface area contributed by atoms with E-state index in [0.29, 0.717) is 42.2 Å². The van der Waals surface area contributed by atoms with Crippen molar-refractivity contribution >= 4 is 51.3 Å². The predicted molar refractivity (Wildman–Crippen MR) is 118 cm³/mol. The van der Waals surface area contributed by atoms with Crippen molar-refractivity contribution in [1.82, 2.24) is 10.3 Å². The van der Waals surface area contributed by atoms with Crippen LogP contribution in [0.3, 0.4) is 0 Å². The molecule has 2 aromatic rings. The number of carbonyl (C=O) groups is 1. The van der Waals surface area contributed by atoms with Gasteiger partial charge in [0.1, 0.15) is 12.4 Å². The maximum Gasteiger partial charge on any atom is 0.254 e. The van der Waals surface area contributed by atoms with Gasteiger partial charge in [-0.15, -0.1) is 0 Å². The second-order valence-electron chi connectivity index (χ2n) is 6.40. The Kier molecular flexibility index (Phi) is 8.32. The Morgan fingerprint density at radius 1 is 1.21 bits per heavy atom. The zero-order chi connectivity index (χ0) is 20.6. The summed E-state index contributed by atoms with van der Waals surface area (Å²) in [6.45, 7) is 3.40. The number of hydrazone groups is 1. The number of carbonyl (C=O) groups excluding carboxylic acids is 1. The van der Waals surface area contributed by atoms with Gasteiger partial charge < -0.3 is 9.47 Å². The lowest BCUT2D eigenvalue weighted by molar-refractivity contribution is -0.123. The summed E-state index contributed by atoms with van der Waals surface area (Å²) in [5.74, 6) is 0.460. The van der Waals surface area contributed by atoms with Crippen molar-refractivity contribution in [3.63, 3.8) is 0 Å². The van der Waals surface area contributed by atoms with Crippen LogP contribution < -0.4 is 10.2 Å². The van der Waals surface area contributed by atoms with Crippen LogP contribution in [0.25, 0.3) is 0 Å². The third-order valence-corrected chi connectivity index (χ3v) is 5.45. The first kappa shape index (κ1) is 22.1. The minimum atomic E-state index is -0.170. The van der Waals surface area contributed by atoms with Crippen molar-refractivity contribution in [2.75, 3.05) is 32.8 Å². The quantitative estimate of drug-likeness (QED) is 0.459. The molecule has 1 fully saturated rings. The lowest BCUT2D eigenvalue weighted by atomic mass is 10.2. The highest BCUT2D eigenvalue weighted by Crippen LogP contribution is 2.25. The Hall–Kier alpha value is -1.64. The zero-order valence-corrected chi connectivity index (χ0v) is 18.6. The summed E-state index contributed by atoms with van der Waals surface area (Å²) in [4.78, 5) is 14.1. The van der Waals surface area contributed by atoms with Gasteiger partial charge in [-0.3, -0.25) is 9.69 Å². The summed E-state index contributed by atoms with van der Waals surface area (Å²) in [6.07, 6.45) is 1.56. The van der Waals surface area contributed by atoms with Crippen molar-refractivity contribution in [1.29, 1.82) is 0 Å². The van der Waals surface area contributed by atoms with E-state index in [1.807, 2.05) is 29.2 Å². The Bertz CT molecular complexity index is 889. The van der Waals surface area contributed by atoms with Gasteiger partial charge in [0.2, 0.25) is 0 Å². The van der Waals surface area contributed by atoms with E-state index in [0.717, 1.165) is 28.7 Å². The van der Waals surface area contributed by atoms with Crippen molar-refractivity contribution in [2.45, 2.75) is 6.61 Å². The molecule has 0 bridgehead atoms. The molecule has 0 saturated carbocycles. The maximum atomic E-state index is 12.1. The zero-order valence-electron chi connectivity index (χ0n) is 15.5. The number of nitrogens with zero attached hydrogens (tertiary/aromatic N) is 2. The maximum absolute atomic E-state index is 12.1. The molecule has 1 aliphatic rings. The molecule has 154 valence electrons. The summed E-state index contributed by atoms with van der Waals surface area (Å²) in [5, 5.41) is 5.05. The summed E-state index contributed by atoms with van der Waals surface area (Å²) in [6, 6.07) is 10.9. The molecule has 9 heteroatoms. The fraction of sp³-hybridized carbons (Fsp3) is 0.300. The molecule has 0 spiro atoms. The average Bonchev–Trinajstić information content (AvgIpc) is 2.70. The lowest BCUT2D eigenvalue weighted by Crippen LogP contribution is -2.42. The molecule has 1 saturated heterocycles. The molecule has 2 aromatic carbocycles. The number of hydrogen-bond acceptors (Lipinski definition) is 5. The van der Waals surface area contributed by atoms with Gasteiger partial charge in [0.05, 0.1) is 36.0 Å². The molecule has 6 nitrogen and oxygen atoms in total. The number of rotatable bonds is 7. The smallest absolute Gasteiger partial charge is 0.254 e. The Morgan fingerprint density at radius 2 is 2.00 bits per heavy atom. The molecule has 0 radical (unpaired) electrons. The number of morpholine rings is 1. The number of halogens is 3. The lowest BCUT2D eigenvalue weighted by Gasteiger charge is -2.25. The summed E-state index contributed by atoms with van der Waals surface area (Å²) in [5.41, 5.74) is 4.18. The second-order valence-corrected chi connectivity index (χ2v) is 8.13. The normalized spacial score (nSPS) is 14.9. The molecule has 0 aliphatic carbocycles. The molecular weight excluding hydrogens is 481 g/mol. The van der Waals surface area contributed by atoms with E-state index in [1.54, 1.807) is 18.3 Å². The molecule has 0 unspecified atom stereocenters. The summed E-state index contributed by atoms with van der Waals surface area (Å²) in [7, 11) is 0. The van der Waals surface area contributed by atoms with Crippen LogP contribution in [-0.4, -0.2) is 49.9 Å². The van der Waals surface area contributed by atoms with E-state index >= 15 is 0 Å². The van der Waals surface area contributed by atoms with Crippen LogP contribution in [0.4, 0.5) is 0 Å². The average molecular weight is 501 g/mol. The monoisotopic (exact) mass is 499 g/mol. The van der Waals surface area contributed by atoms with Crippen LogP contribution >= 0.6 is 39.1 Å². The van der Waals surface area contributed by atoms with E-state index in [9.17, 15) is 4.79 Å². The van der Waals surface area contributed by atoms with Crippen LogP contribution in [-0.2, 0) is 16.1 Å². The van der Waals surface area contributed by atoms with E-state index < -0.39 is 0 Å². The Balaban J connectivity index is 1.59. The molecule has 29 heavy (non-hydrogen) atoms. The third kappa shape index (κ3) is 6.97. The van der Waals surface area contributed by atoms with Crippen molar-refractivity contribution in [3.05, 3.63) is 62.0 Å². The highest BCUT2D eigenvalue weighted by atomic mass is 79.9. The topological polar surface area (TPSA) is 63.2 Å². The summed E-state index contributed by atoms with van der Waals surface area (Å²) >= 11 is 15.4. The van der Waals surface area contributed by atoms with Crippen molar-refractivity contribution in [2.24, 2.45) is 5.10 Å². The Morgan fingerprint density at radius 3 is 2.76 bits per heavy atom. The highest BCUT2D eigenvalue weighted by molar-refractivity contribution is 9.10. The van der Waals surface area contributed by atoms with Gasteiger partial charge >= 0.3 is 0 Å². The number of benzene rings is 2. The van der Waals surface area contributed by atoms with Gasteiger partial charge in [0.15, 0.2) is 0 Å². The molecule has 0 aromatic heterocycles. The SMILES string of the molecule is O=C(CN1CCOCC1)N/N=C/c1cc(Br)ccc1OCc1ccc(Cl)c(Cl)c1. The summed E-state index contributed by atoms with van der Waals surface area (Å²) < 4.78 is 12.1. The van der Waals surface area contributed by atoms with Gasteiger partial charge in [-0.25, -0.2) is 5.43 Å². The Labute approximate surface area is 187 Å². The van der Waals surface area contributed by atoms with Crippen molar-refractivity contribution in [3.8, 4) is 5.75 Å². The van der Waals surface area contributed by atoms with Crippen molar-refractivity contribution < 1.29 is 14.3 Å². The van der Waals surface area contributed by atoms with E-state index in [1.165, 1.54) is 0 Å². The number of amides is 1. The van der Waals surface area contributed by atoms with Crippen LogP contribution in [0.2, 0.25) is 10.0 Å². The first-order valence-corrected chi connectivity index (χ1v) is 10.5. The first-order chi connectivity index (χ1) is 14.0. The van der Waals surface area contributed by atoms with E-state index in [2.05, 4.69) is 26.5 Å². The van der Waals surface area contributed by atoms with E-state index in [-0.39, 0.29) is 5.91 Å². The predicted octanol–water partition coefficient (Wildman–Crippen LogP) is 4.12. The largest absolute Gasteiger partial charge is 0.488 e. The molecule has 3 rings (SSSR count). The molecule has 1 heterocycles. The standard InChI is InChI=1S/C20H20BrCl2N3O3/c21-16-2-4-19(29-13-14-1-3-17(22)18(23)9-14)15(10-16)11-24-25-20(27)12-26-5-7-28-8-6-26/h1-4,9-11H,5-8,12-13H2,(H,25,27)/b24-11+. The highest BCUT2D eigenvalue weighted by Gasteiger charge is 2.13. The molecular formula is C20H20BrCl2N3O3. The van der Waals surface area contributed by atoms with Gasteiger partial charge in [-0.1, -0.05) is 45.2 Å². The number of hydrogen-bond donors (Lipinski definition) is 1. The molecule has 1 aliphatic heterocycles. The van der Waals surface area contributed by atoms with Gasteiger partial charge in [0, 0.05) is 23.1 Å². The number of ether oxygens (including phenoxy) is 2. The molecule has 1 N–H and O–H groups in total. The molecule has 1 amide bonds. The van der Waals surface area contributed by atoms with Gasteiger partial charge in [-0.2, -0.15) is 5.10 Å². The number of nitrogens with one attached hydrogen (secondary N) is 1. The van der Waals surface area contributed by atoms with Crippen LogP contribution in [0.15, 0.2) is 46.0 Å². The minimum absolute atomic E-state index is 0.170. The third-order valence-electron chi connectivity index (χ3n) is 4.21. The first-order valence-electron chi connectivity index (χ1n) is 8.99. The fourth-order valence-corrected chi connectivity index (χ4v) is 3.41. The van der Waals surface area contributed by atoms with Gasteiger partial charge in [0.25, 0.3) is 5.91 Å². The fourth-order valence-electron chi connectivity index (χ4n) is 2.71. The van der Waals surface area contributed by atoms with E-state index in [4.69, 9.17) is 32.7 Å². The minimum Gasteiger partial charge on any atom is -0.488 e. The van der Waals surface area contributed by atoms with Crippen LogP contribution in [0.1, 0.15) is 11.1 Å².